The van der Waals surface area contributed by atoms with Gasteiger partial charge in [0.2, 0.25) is 0 Å². The molecule has 0 saturated carbocycles. The highest BCUT2D eigenvalue weighted by atomic mass is 16.5. The molecule has 0 aliphatic rings. The summed E-state index contributed by atoms with van der Waals surface area (Å²) in [6.45, 7) is 4.04. The van der Waals surface area contributed by atoms with Crippen molar-refractivity contribution >= 4 is 11.7 Å². The number of benzene rings is 1. The van der Waals surface area contributed by atoms with Crippen molar-refractivity contribution in [2.45, 2.75) is 13.8 Å². The third kappa shape index (κ3) is 3.52. The van der Waals surface area contributed by atoms with Crippen LogP contribution in [0, 0.1) is 13.8 Å². The second-order valence-electron chi connectivity index (χ2n) is 4.92. The summed E-state index contributed by atoms with van der Waals surface area (Å²) in [5.41, 5.74) is 1.60. The van der Waals surface area contributed by atoms with Crippen LogP contribution in [0.25, 0.3) is 0 Å². The van der Waals surface area contributed by atoms with Crippen LogP contribution in [0.2, 0.25) is 0 Å². The summed E-state index contributed by atoms with van der Waals surface area (Å²) < 4.78 is 7.04. The van der Waals surface area contributed by atoms with Crippen molar-refractivity contribution in [3.8, 4) is 5.75 Å². The van der Waals surface area contributed by atoms with Gasteiger partial charge in [0.25, 0.3) is 11.7 Å². The highest BCUT2D eigenvalue weighted by Gasteiger charge is 2.23. The Labute approximate surface area is 129 Å². The van der Waals surface area contributed by atoms with Gasteiger partial charge < -0.3 is 10.1 Å². The average molecular weight is 301 g/mol. The van der Waals surface area contributed by atoms with Gasteiger partial charge in [0.1, 0.15) is 12.4 Å². The van der Waals surface area contributed by atoms with Gasteiger partial charge in [-0.3, -0.25) is 14.3 Å². The van der Waals surface area contributed by atoms with Gasteiger partial charge in [0, 0.05) is 12.7 Å². The van der Waals surface area contributed by atoms with E-state index in [0.717, 1.165) is 5.75 Å². The Kier molecular flexibility index (Phi) is 4.93. The first kappa shape index (κ1) is 15.8. The van der Waals surface area contributed by atoms with Crippen molar-refractivity contribution in [1.82, 2.24) is 15.1 Å². The number of ketones is 1. The quantitative estimate of drug-likeness (QED) is 0.497. The highest BCUT2D eigenvalue weighted by Crippen LogP contribution is 2.12. The number of nitrogens with one attached hydrogen (secondary N) is 1. The molecule has 6 nitrogen and oxygen atoms in total. The second kappa shape index (κ2) is 6.89. The number of carbonyl (C=O) groups excluding carboxylic acids is 2. The molecule has 0 bridgehead atoms. The summed E-state index contributed by atoms with van der Waals surface area (Å²) in [6, 6.07) is 9.29. The smallest absolute Gasteiger partial charge is 0.292 e. The van der Waals surface area contributed by atoms with E-state index in [1.165, 1.54) is 0 Å². The lowest BCUT2D eigenvalue weighted by Crippen LogP contribution is -2.34. The van der Waals surface area contributed by atoms with E-state index >= 15 is 0 Å². The molecule has 0 aliphatic heterocycles. The van der Waals surface area contributed by atoms with Crippen LogP contribution in [-0.4, -0.2) is 34.6 Å². The number of aryl methyl sites for hydroxylation is 2. The fraction of sp³-hybridized carbons (Fsp3) is 0.312. The van der Waals surface area contributed by atoms with Crippen molar-refractivity contribution in [3.05, 3.63) is 47.3 Å². The molecule has 0 saturated heterocycles. The lowest BCUT2D eigenvalue weighted by atomic mass is 10.1. The topological polar surface area (TPSA) is 73.2 Å². The third-order valence-corrected chi connectivity index (χ3v) is 3.34. The fourth-order valence-electron chi connectivity index (χ4n) is 2.15. The second-order valence-corrected chi connectivity index (χ2v) is 4.92. The number of hydrogen-bond acceptors (Lipinski definition) is 4. The van der Waals surface area contributed by atoms with E-state index in [0.29, 0.717) is 23.6 Å². The van der Waals surface area contributed by atoms with Crippen LogP contribution in [0.1, 0.15) is 21.7 Å². The molecule has 0 unspecified atom stereocenters. The maximum absolute atomic E-state index is 12.2. The van der Waals surface area contributed by atoms with E-state index < -0.39 is 11.7 Å². The molecule has 1 heterocycles. The van der Waals surface area contributed by atoms with E-state index in [-0.39, 0.29) is 6.54 Å². The third-order valence-electron chi connectivity index (χ3n) is 3.34. The minimum absolute atomic E-state index is 0.262. The number of para-hydroxylation sites is 1. The van der Waals surface area contributed by atoms with Crippen LogP contribution in [0.15, 0.2) is 30.3 Å². The van der Waals surface area contributed by atoms with E-state index in [9.17, 15) is 9.59 Å². The molecular weight excluding hydrogens is 282 g/mol. The molecule has 0 radical (unpaired) electrons. The number of rotatable bonds is 6. The zero-order valence-corrected chi connectivity index (χ0v) is 12.9. The van der Waals surface area contributed by atoms with Crippen molar-refractivity contribution < 1.29 is 14.3 Å². The first-order valence-electron chi connectivity index (χ1n) is 7.01. The molecule has 1 aromatic heterocycles. The molecule has 0 aliphatic carbocycles. The Morgan fingerprint density at radius 2 is 1.91 bits per heavy atom. The van der Waals surface area contributed by atoms with E-state index in [1.54, 1.807) is 25.6 Å². The number of aromatic nitrogens is 2. The van der Waals surface area contributed by atoms with Gasteiger partial charge in [-0.1, -0.05) is 18.2 Å². The SMILES string of the molecule is Cc1nn(C)c(C)c1C(=O)C(=O)NCCOc1ccccc1. The summed E-state index contributed by atoms with van der Waals surface area (Å²) in [7, 11) is 1.74. The number of amides is 1. The van der Waals surface area contributed by atoms with Gasteiger partial charge in [-0.15, -0.1) is 0 Å². The Hall–Kier alpha value is -2.63. The van der Waals surface area contributed by atoms with E-state index in [2.05, 4.69) is 10.4 Å². The maximum Gasteiger partial charge on any atom is 0.292 e. The molecule has 22 heavy (non-hydrogen) atoms. The van der Waals surface area contributed by atoms with E-state index in [1.807, 2.05) is 30.3 Å². The van der Waals surface area contributed by atoms with Gasteiger partial charge in [-0.25, -0.2) is 0 Å². The lowest BCUT2D eigenvalue weighted by molar-refractivity contribution is -0.117. The lowest BCUT2D eigenvalue weighted by Gasteiger charge is -2.07. The van der Waals surface area contributed by atoms with Crippen LogP contribution >= 0.6 is 0 Å². The fourth-order valence-corrected chi connectivity index (χ4v) is 2.15. The Balaban J connectivity index is 1.86. The predicted molar refractivity (Wildman–Crippen MR) is 82.0 cm³/mol. The van der Waals surface area contributed by atoms with Crippen LogP contribution in [0.5, 0.6) is 5.75 Å². The monoisotopic (exact) mass is 301 g/mol. The molecule has 1 N–H and O–H groups in total. The summed E-state index contributed by atoms with van der Waals surface area (Å²) in [5, 5.41) is 6.71. The maximum atomic E-state index is 12.2. The van der Waals surface area contributed by atoms with Crippen LogP contribution in [-0.2, 0) is 11.8 Å². The molecular formula is C16H19N3O3. The first-order chi connectivity index (χ1) is 10.5. The normalized spacial score (nSPS) is 10.3. The van der Waals surface area contributed by atoms with Gasteiger partial charge in [0.15, 0.2) is 0 Å². The molecule has 0 fully saturated rings. The zero-order chi connectivity index (χ0) is 16.1. The zero-order valence-electron chi connectivity index (χ0n) is 12.9. The van der Waals surface area contributed by atoms with Gasteiger partial charge in [-0.2, -0.15) is 5.10 Å². The van der Waals surface area contributed by atoms with Gasteiger partial charge >= 0.3 is 0 Å². The minimum atomic E-state index is -0.643. The Morgan fingerprint density at radius 1 is 1.23 bits per heavy atom. The predicted octanol–water partition coefficient (Wildman–Crippen LogP) is 1.41. The minimum Gasteiger partial charge on any atom is -0.492 e. The Morgan fingerprint density at radius 3 is 2.50 bits per heavy atom. The summed E-state index contributed by atoms with van der Waals surface area (Å²) in [5.74, 6) is -0.485. The molecule has 6 heteroatoms. The highest BCUT2D eigenvalue weighted by molar-refractivity contribution is 6.43. The van der Waals surface area contributed by atoms with Crippen molar-refractivity contribution in [2.75, 3.05) is 13.2 Å². The number of nitrogens with zero attached hydrogens (tertiary/aromatic N) is 2. The molecule has 1 amide bonds. The van der Waals surface area contributed by atoms with Gasteiger partial charge in [-0.05, 0) is 26.0 Å². The molecule has 2 aromatic rings. The molecule has 0 spiro atoms. The standard InChI is InChI=1S/C16H19N3O3/c1-11-14(12(2)19(3)18-11)15(20)16(21)17-9-10-22-13-7-5-4-6-8-13/h4-8H,9-10H2,1-3H3,(H,17,21). The van der Waals surface area contributed by atoms with Crippen LogP contribution in [0.3, 0.4) is 0 Å². The summed E-state index contributed by atoms with van der Waals surface area (Å²) in [6.07, 6.45) is 0. The first-order valence-corrected chi connectivity index (χ1v) is 7.01. The Bertz CT molecular complexity index is 677. The molecule has 0 atom stereocenters. The largest absolute Gasteiger partial charge is 0.492 e. The van der Waals surface area contributed by atoms with Crippen LogP contribution in [0.4, 0.5) is 0 Å². The average Bonchev–Trinajstić information content (AvgIpc) is 2.76. The number of hydrogen-bond donors (Lipinski definition) is 1. The van der Waals surface area contributed by atoms with Crippen molar-refractivity contribution in [2.24, 2.45) is 7.05 Å². The van der Waals surface area contributed by atoms with E-state index in [4.69, 9.17) is 4.74 Å². The summed E-state index contributed by atoms with van der Waals surface area (Å²) in [4.78, 5) is 24.1. The molecule has 1 aromatic carbocycles. The number of ether oxygens (including phenoxy) is 1. The number of Topliss-reactive ketones (excluding diaryl/α,β-unsaturated/α-hetero) is 1. The van der Waals surface area contributed by atoms with Crippen molar-refractivity contribution in [1.29, 1.82) is 0 Å². The van der Waals surface area contributed by atoms with Crippen LogP contribution < -0.4 is 10.1 Å². The molecule has 116 valence electrons. The number of carbonyl (C=O) groups is 2. The van der Waals surface area contributed by atoms with Crippen molar-refractivity contribution in [3.63, 3.8) is 0 Å². The summed E-state index contributed by atoms with van der Waals surface area (Å²) >= 11 is 0. The molecule has 2 rings (SSSR count). The van der Waals surface area contributed by atoms with Gasteiger partial charge in [0.05, 0.1) is 17.8 Å².